The van der Waals surface area contributed by atoms with E-state index in [1.807, 2.05) is 11.0 Å². The number of aryl methyl sites for hydroxylation is 1. The minimum absolute atomic E-state index is 0.00450. The second-order valence-corrected chi connectivity index (χ2v) is 9.21. The van der Waals surface area contributed by atoms with Gasteiger partial charge in [-0.3, -0.25) is 14.9 Å². The Balaban J connectivity index is 1.70. The number of carbonyl (C=O) groups excluding carboxylic acids is 3. The van der Waals surface area contributed by atoms with Crippen LogP contribution in [0.5, 0.6) is 5.75 Å². The predicted molar refractivity (Wildman–Crippen MR) is 126 cm³/mol. The molecule has 33 heavy (non-hydrogen) atoms. The number of amides is 4. The van der Waals surface area contributed by atoms with Crippen LogP contribution >= 0.6 is 11.6 Å². The summed E-state index contributed by atoms with van der Waals surface area (Å²) < 4.78 is 10.6. The van der Waals surface area contributed by atoms with Crippen molar-refractivity contribution in [3.05, 3.63) is 22.7 Å². The summed E-state index contributed by atoms with van der Waals surface area (Å²) in [4.78, 5) is 41.4. The number of hydrogen-bond donors (Lipinski definition) is 2. The van der Waals surface area contributed by atoms with Crippen LogP contribution < -0.4 is 20.3 Å². The van der Waals surface area contributed by atoms with Gasteiger partial charge in [0.25, 0.3) is 5.91 Å². The number of imide groups is 1. The molecule has 0 radical (unpaired) electrons. The van der Waals surface area contributed by atoms with Gasteiger partial charge in [-0.2, -0.15) is 0 Å². The molecule has 0 spiro atoms. The third kappa shape index (κ3) is 5.04. The number of urea groups is 1. The van der Waals surface area contributed by atoms with Gasteiger partial charge in [-0.25, -0.2) is 4.79 Å². The Labute approximate surface area is 199 Å². The van der Waals surface area contributed by atoms with Gasteiger partial charge in [0.15, 0.2) is 0 Å². The van der Waals surface area contributed by atoms with Crippen LogP contribution in [0.25, 0.3) is 0 Å². The molecule has 0 bridgehead atoms. The molecule has 2 heterocycles. The lowest BCUT2D eigenvalue weighted by atomic mass is 9.87. The summed E-state index contributed by atoms with van der Waals surface area (Å²) in [5, 5.41) is 5.53. The van der Waals surface area contributed by atoms with Crippen LogP contribution in [0.15, 0.2) is 12.1 Å². The Hall–Kier alpha value is -2.52. The molecule has 0 unspecified atom stereocenters. The van der Waals surface area contributed by atoms with Crippen molar-refractivity contribution in [3.63, 3.8) is 0 Å². The van der Waals surface area contributed by atoms with E-state index in [1.165, 1.54) is 7.11 Å². The van der Waals surface area contributed by atoms with Gasteiger partial charge in [0.05, 0.1) is 18.7 Å². The second kappa shape index (κ2) is 10.2. The molecule has 1 aromatic carbocycles. The molecule has 3 atom stereocenters. The van der Waals surface area contributed by atoms with Crippen LogP contribution in [0.1, 0.15) is 32.8 Å². The smallest absolute Gasteiger partial charge is 0.322 e. The lowest BCUT2D eigenvalue weighted by Gasteiger charge is -2.42. The van der Waals surface area contributed by atoms with Crippen molar-refractivity contribution in [2.75, 3.05) is 45.4 Å². The zero-order valence-electron chi connectivity index (χ0n) is 19.9. The highest BCUT2D eigenvalue weighted by Gasteiger charge is 2.48. The number of rotatable bonds is 8. The van der Waals surface area contributed by atoms with Gasteiger partial charge in [0, 0.05) is 50.5 Å². The number of halogens is 1. The van der Waals surface area contributed by atoms with Gasteiger partial charge in [0.2, 0.25) is 5.91 Å². The highest BCUT2D eigenvalue weighted by atomic mass is 35.5. The number of piperazine rings is 1. The first-order chi connectivity index (χ1) is 15.7. The number of nitrogens with one attached hydrogen (secondary N) is 2. The van der Waals surface area contributed by atoms with E-state index < -0.39 is 23.4 Å². The van der Waals surface area contributed by atoms with Crippen molar-refractivity contribution >= 4 is 35.1 Å². The Morgan fingerprint density at radius 2 is 2.03 bits per heavy atom. The van der Waals surface area contributed by atoms with Crippen molar-refractivity contribution in [1.82, 2.24) is 15.5 Å². The first-order valence-corrected chi connectivity index (χ1v) is 11.6. The van der Waals surface area contributed by atoms with E-state index >= 15 is 0 Å². The molecular weight excluding hydrogens is 448 g/mol. The third-order valence-electron chi connectivity index (χ3n) is 6.45. The number of hydrogen-bond acceptors (Lipinski definition) is 6. The summed E-state index contributed by atoms with van der Waals surface area (Å²) >= 11 is 6.42. The van der Waals surface area contributed by atoms with Gasteiger partial charge >= 0.3 is 6.03 Å². The summed E-state index contributed by atoms with van der Waals surface area (Å²) in [6.45, 7) is 7.68. The van der Waals surface area contributed by atoms with E-state index in [2.05, 4.69) is 35.4 Å². The molecule has 0 aliphatic carbocycles. The van der Waals surface area contributed by atoms with Crippen molar-refractivity contribution in [2.24, 2.45) is 5.92 Å². The fourth-order valence-corrected chi connectivity index (χ4v) is 5.07. The number of nitrogens with zero attached hydrogens (tertiary/aromatic N) is 2. The van der Waals surface area contributed by atoms with Crippen LogP contribution in [0.3, 0.4) is 0 Å². The van der Waals surface area contributed by atoms with Crippen molar-refractivity contribution in [1.29, 1.82) is 0 Å². The topological polar surface area (TPSA) is 100 Å². The summed E-state index contributed by atoms with van der Waals surface area (Å²) in [7, 11) is 3.07. The molecular formula is C23H33ClN4O5. The van der Waals surface area contributed by atoms with Crippen LogP contribution in [-0.2, 0) is 20.7 Å². The van der Waals surface area contributed by atoms with E-state index in [-0.39, 0.29) is 25.0 Å². The van der Waals surface area contributed by atoms with E-state index in [0.29, 0.717) is 30.4 Å². The van der Waals surface area contributed by atoms with E-state index in [9.17, 15) is 14.4 Å². The lowest BCUT2D eigenvalue weighted by molar-refractivity contribution is -0.137. The van der Waals surface area contributed by atoms with Gasteiger partial charge in [-0.05, 0) is 31.4 Å². The predicted octanol–water partition coefficient (Wildman–Crippen LogP) is 2.20. The Morgan fingerprint density at radius 3 is 2.58 bits per heavy atom. The van der Waals surface area contributed by atoms with Gasteiger partial charge in [0.1, 0.15) is 11.3 Å². The van der Waals surface area contributed by atoms with Crippen molar-refractivity contribution in [2.45, 2.75) is 45.2 Å². The van der Waals surface area contributed by atoms with Gasteiger partial charge in [-0.15, -0.1) is 0 Å². The van der Waals surface area contributed by atoms with Gasteiger partial charge in [-0.1, -0.05) is 25.4 Å². The maximum atomic E-state index is 13.2. The van der Waals surface area contributed by atoms with Crippen LogP contribution in [0.2, 0.25) is 5.02 Å². The molecule has 182 valence electrons. The number of benzene rings is 1. The quantitative estimate of drug-likeness (QED) is 0.553. The molecule has 3 rings (SSSR count). The molecule has 2 aliphatic rings. The molecule has 2 saturated heterocycles. The third-order valence-corrected chi connectivity index (χ3v) is 6.88. The Morgan fingerprint density at radius 1 is 1.30 bits per heavy atom. The molecule has 0 aromatic heterocycles. The minimum Gasteiger partial charge on any atom is -0.495 e. The second-order valence-electron chi connectivity index (χ2n) is 8.83. The minimum atomic E-state index is -1.23. The van der Waals surface area contributed by atoms with Crippen LogP contribution in [0.4, 0.5) is 10.5 Å². The molecule has 2 fully saturated rings. The maximum absolute atomic E-state index is 13.2. The standard InChI is InChI=1S/C23H33ClN4O5/c1-6-16-9-17(10-18(33-5)19(16)24)28-8-7-27(12-15(28)3)20(29)14(2)11-23(13-32-4)21(30)25-22(31)26-23/h9-10,14-15H,6-8,11-13H2,1-5H3,(H2,25,26,30,31)/t14-,15-,23-/m0/s1. The summed E-state index contributed by atoms with van der Waals surface area (Å²) in [5.74, 6) is -0.333. The van der Waals surface area contributed by atoms with E-state index in [1.54, 1.807) is 14.0 Å². The van der Waals surface area contributed by atoms with Crippen molar-refractivity contribution < 1.29 is 23.9 Å². The van der Waals surface area contributed by atoms with Crippen LogP contribution in [0, 0.1) is 5.92 Å². The molecule has 9 nitrogen and oxygen atoms in total. The monoisotopic (exact) mass is 480 g/mol. The van der Waals surface area contributed by atoms with Gasteiger partial charge < -0.3 is 24.6 Å². The molecule has 1 aromatic rings. The molecule has 0 saturated carbocycles. The lowest BCUT2D eigenvalue weighted by Crippen LogP contribution is -2.57. The summed E-state index contributed by atoms with van der Waals surface area (Å²) in [5.41, 5.74) is 0.806. The zero-order chi connectivity index (χ0) is 24.3. The molecule has 2 aliphatic heterocycles. The molecule has 10 heteroatoms. The van der Waals surface area contributed by atoms with Crippen LogP contribution in [-0.4, -0.2) is 74.8 Å². The number of methoxy groups -OCH3 is 2. The fourth-order valence-electron chi connectivity index (χ4n) is 4.75. The first kappa shape index (κ1) is 25.1. The largest absolute Gasteiger partial charge is 0.495 e. The fraction of sp³-hybridized carbons (Fsp3) is 0.609. The van der Waals surface area contributed by atoms with Crippen molar-refractivity contribution in [3.8, 4) is 5.75 Å². The summed E-state index contributed by atoms with van der Waals surface area (Å²) in [6.07, 6.45) is 0.959. The molecule has 2 N–H and O–H groups in total. The van der Waals surface area contributed by atoms with E-state index in [4.69, 9.17) is 21.1 Å². The molecule has 4 amide bonds. The van der Waals surface area contributed by atoms with E-state index in [0.717, 1.165) is 17.7 Å². The Kier molecular flexibility index (Phi) is 7.74. The number of anilines is 1. The maximum Gasteiger partial charge on any atom is 0.322 e. The normalized spacial score (nSPS) is 23.9. The zero-order valence-corrected chi connectivity index (χ0v) is 20.6. The summed E-state index contributed by atoms with van der Waals surface area (Å²) in [6, 6.07) is 3.53. The first-order valence-electron chi connectivity index (χ1n) is 11.2. The highest BCUT2D eigenvalue weighted by molar-refractivity contribution is 6.33. The Bertz CT molecular complexity index is 901. The number of ether oxygens (including phenoxy) is 2. The number of carbonyl (C=O) groups is 3. The SMILES string of the molecule is CCc1cc(N2CCN(C(=O)[C@@H](C)C[C@@]3(COC)NC(=O)NC3=O)C[C@@H]2C)cc(OC)c1Cl. The highest BCUT2D eigenvalue weighted by Crippen LogP contribution is 2.35. The average molecular weight is 481 g/mol. The average Bonchev–Trinajstić information content (AvgIpc) is 3.05.